The van der Waals surface area contributed by atoms with Crippen molar-refractivity contribution in [3.05, 3.63) is 30.1 Å². The van der Waals surface area contributed by atoms with Gasteiger partial charge in [-0.1, -0.05) is 0 Å². The summed E-state index contributed by atoms with van der Waals surface area (Å²) in [6, 6.07) is 4.14. The number of piperidine rings is 1. The van der Waals surface area contributed by atoms with Crippen molar-refractivity contribution in [3.63, 3.8) is 0 Å². The molecule has 3 aliphatic rings. The van der Waals surface area contributed by atoms with Crippen LogP contribution in [0.5, 0.6) is 0 Å². The van der Waals surface area contributed by atoms with E-state index in [9.17, 15) is 31.1 Å². The first-order valence-corrected chi connectivity index (χ1v) is 11.9. The van der Waals surface area contributed by atoms with Crippen LogP contribution in [0.25, 0.3) is 0 Å². The van der Waals surface area contributed by atoms with Crippen LogP contribution < -0.4 is 0 Å². The smallest absolute Gasteiger partial charge is 0.475 e. The van der Waals surface area contributed by atoms with Crippen LogP contribution in [-0.4, -0.2) is 125 Å². The number of rotatable bonds is 2. The first-order valence-electron chi connectivity index (χ1n) is 11.9. The van der Waals surface area contributed by atoms with Gasteiger partial charge in [-0.05, 0) is 38.4 Å². The normalized spacial score (nSPS) is 21.8. The van der Waals surface area contributed by atoms with Crippen LogP contribution in [0.1, 0.15) is 29.6 Å². The van der Waals surface area contributed by atoms with Gasteiger partial charge in [-0.15, -0.1) is 0 Å². The Labute approximate surface area is 220 Å². The van der Waals surface area contributed by atoms with Crippen molar-refractivity contribution < 1.29 is 55.7 Å². The fraction of sp³-hybridized carbons (Fsp3) is 0.652. The van der Waals surface area contributed by atoms with E-state index < -0.39 is 24.3 Å². The van der Waals surface area contributed by atoms with Crippen molar-refractivity contribution in [3.8, 4) is 0 Å². The molecule has 1 aromatic heterocycles. The Kier molecular flexibility index (Phi) is 11.1. The number of aromatic nitrogens is 1. The summed E-state index contributed by atoms with van der Waals surface area (Å²) in [7, 11) is 2.19. The minimum absolute atomic E-state index is 0.0109. The molecule has 1 atom stereocenters. The van der Waals surface area contributed by atoms with Gasteiger partial charge in [0.15, 0.2) is 0 Å². The predicted molar refractivity (Wildman–Crippen MR) is 123 cm³/mol. The van der Waals surface area contributed by atoms with Crippen LogP contribution in [0.3, 0.4) is 0 Å². The van der Waals surface area contributed by atoms with E-state index >= 15 is 0 Å². The van der Waals surface area contributed by atoms with Gasteiger partial charge in [-0.25, -0.2) is 9.59 Å². The molecule has 0 aliphatic carbocycles. The number of likely N-dealkylation sites (tertiary alicyclic amines) is 1. The summed E-state index contributed by atoms with van der Waals surface area (Å²) in [5.74, 6) is -5.40. The Hall–Kier alpha value is -2.98. The second kappa shape index (κ2) is 13.4. The van der Waals surface area contributed by atoms with Crippen LogP contribution >= 0.6 is 0 Å². The number of piperazine rings is 1. The number of carboxylic acid groups (broad SMARTS) is 2. The highest BCUT2D eigenvalue weighted by Crippen LogP contribution is 2.38. The zero-order valence-electron chi connectivity index (χ0n) is 21.0. The molecule has 16 heteroatoms. The molecule has 3 saturated heterocycles. The Morgan fingerprint density at radius 1 is 0.897 bits per heavy atom. The van der Waals surface area contributed by atoms with E-state index in [1.165, 1.54) is 0 Å². The topological polar surface area (TPSA) is 124 Å². The Balaban J connectivity index is 0.000000317. The molecule has 4 heterocycles. The number of halogens is 6. The van der Waals surface area contributed by atoms with Crippen molar-refractivity contribution in [1.82, 2.24) is 19.7 Å². The Morgan fingerprint density at radius 3 is 1.79 bits per heavy atom. The van der Waals surface area contributed by atoms with E-state index in [2.05, 4.69) is 21.8 Å². The van der Waals surface area contributed by atoms with Crippen LogP contribution in [0.15, 0.2) is 24.5 Å². The number of amides is 1. The first-order chi connectivity index (χ1) is 18.0. The summed E-state index contributed by atoms with van der Waals surface area (Å²) in [6.07, 6.45) is -3.78. The Morgan fingerprint density at radius 2 is 1.36 bits per heavy atom. The molecule has 0 saturated carbocycles. The Bertz CT molecular complexity index is 938. The van der Waals surface area contributed by atoms with Gasteiger partial charge in [0.2, 0.25) is 0 Å². The number of carboxylic acids is 2. The fourth-order valence-electron chi connectivity index (χ4n) is 4.38. The maximum atomic E-state index is 12.6. The second-order valence-electron chi connectivity index (χ2n) is 9.33. The maximum absolute atomic E-state index is 12.6. The fourth-order valence-corrected chi connectivity index (χ4v) is 4.38. The molecule has 10 nitrogen and oxygen atoms in total. The molecule has 3 fully saturated rings. The molecule has 220 valence electrons. The molecule has 1 spiro atoms. The summed E-state index contributed by atoms with van der Waals surface area (Å²) in [5.41, 5.74) is 0.719. The zero-order chi connectivity index (χ0) is 29.4. The quantitative estimate of drug-likeness (QED) is 0.514. The van der Waals surface area contributed by atoms with Gasteiger partial charge >= 0.3 is 24.3 Å². The minimum Gasteiger partial charge on any atom is -0.475 e. The summed E-state index contributed by atoms with van der Waals surface area (Å²) in [4.78, 5) is 41.3. The van der Waals surface area contributed by atoms with E-state index in [0.717, 1.165) is 70.7 Å². The number of aliphatic carboxylic acids is 2. The number of ether oxygens (including phenoxy) is 1. The molecule has 0 aromatic carbocycles. The van der Waals surface area contributed by atoms with Gasteiger partial charge in [0.1, 0.15) is 0 Å². The number of alkyl halides is 6. The highest BCUT2D eigenvalue weighted by molar-refractivity contribution is 5.94. The van der Waals surface area contributed by atoms with E-state index in [1.807, 2.05) is 4.90 Å². The summed E-state index contributed by atoms with van der Waals surface area (Å²) >= 11 is 0. The van der Waals surface area contributed by atoms with Crippen molar-refractivity contribution in [2.45, 2.75) is 43.3 Å². The monoisotopic (exact) mass is 572 g/mol. The van der Waals surface area contributed by atoms with E-state index in [0.29, 0.717) is 6.04 Å². The third kappa shape index (κ3) is 9.93. The molecule has 1 aromatic rings. The highest BCUT2D eigenvalue weighted by atomic mass is 19.4. The van der Waals surface area contributed by atoms with Crippen LogP contribution in [0.4, 0.5) is 26.3 Å². The zero-order valence-corrected chi connectivity index (χ0v) is 21.0. The molecular formula is C23H30F6N4O6. The van der Waals surface area contributed by atoms with Crippen LogP contribution in [0, 0.1) is 0 Å². The SMILES string of the molecule is CN1CCN(C2COC3(CCN(C(=O)c4ccncc4)CC3)C2)CC1.O=C(O)C(F)(F)F.O=C(O)C(F)(F)F. The van der Waals surface area contributed by atoms with Gasteiger partial charge in [0.25, 0.3) is 5.91 Å². The number of nitrogens with zero attached hydrogens (tertiary/aromatic N) is 4. The molecule has 0 radical (unpaired) electrons. The van der Waals surface area contributed by atoms with Gasteiger partial charge in [0, 0.05) is 63.3 Å². The first kappa shape index (κ1) is 32.2. The van der Waals surface area contributed by atoms with Crippen molar-refractivity contribution in [1.29, 1.82) is 0 Å². The lowest BCUT2D eigenvalue weighted by atomic mass is 9.86. The van der Waals surface area contributed by atoms with E-state index in [-0.39, 0.29) is 11.5 Å². The minimum atomic E-state index is -5.08. The number of hydrogen-bond donors (Lipinski definition) is 2. The van der Waals surface area contributed by atoms with Crippen LogP contribution in [-0.2, 0) is 14.3 Å². The van der Waals surface area contributed by atoms with E-state index in [1.54, 1.807) is 24.5 Å². The molecule has 4 rings (SSSR count). The largest absolute Gasteiger partial charge is 0.490 e. The number of carbonyl (C=O) groups excluding carboxylic acids is 1. The third-order valence-corrected chi connectivity index (χ3v) is 6.62. The predicted octanol–water partition coefficient (Wildman–Crippen LogP) is 2.36. The molecule has 3 aliphatic heterocycles. The number of carbonyl (C=O) groups is 3. The van der Waals surface area contributed by atoms with Gasteiger partial charge in [0.05, 0.1) is 12.2 Å². The molecular weight excluding hydrogens is 542 g/mol. The van der Waals surface area contributed by atoms with Crippen molar-refractivity contribution in [2.24, 2.45) is 0 Å². The standard InChI is InChI=1S/C19H28N4O2.2C2HF3O2/c1-21-10-12-22(13-11-21)17-14-19(25-15-17)4-8-23(9-5-19)18(24)16-2-6-20-7-3-16;2*3-2(4,5)1(6)7/h2-3,6-7,17H,4-5,8-15H2,1H3;2*(H,6,7). The number of pyridine rings is 1. The lowest BCUT2D eigenvalue weighted by molar-refractivity contribution is -0.193. The maximum Gasteiger partial charge on any atom is 0.490 e. The van der Waals surface area contributed by atoms with Gasteiger partial charge < -0.3 is 24.7 Å². The molecule has 0 bridgehead atoms. The lowest BCUT2D eigenvalue weighted by Gasteiger charge is -2.40. The van der Waals surface area contributed by atoms with E-state index in [4.69, 9.17) is 24.5 Å². The molecule has 1 unspecified atom stereocenters. The average molecular weight is 573 g/mol. The third-order valence-electron chi connectivity index (χ3n) is 6.62. The average Bonchev–Trinajstić information content (AvgIpc) is 3.28. The highest BCUT2D eigenvalue weighted by Gasteiger charge is 2.45. The van der Waals surface area contributed by atoms with Gasteiger partial charge in [-0.2, -0.15) is 26.3 Å². The second-order valence-corrected chi connectivity index (χ2v) is 9.33. The molecule has 39 heavy (non-hydrogen) atoms. The number of hydrogen-bond acceptors (Lipinski definition) is 7. The van der Waals surface area contributed by atoms with Crippen LogP contribution in [0.2, 0.25) is 0 Å². The summed E-state index contributed by atoms with van der Waals surface area (Å²) in [6.45, 7) is 7.02. The summed E-state index contributed by atoms with van der Waals surface area (Å²) < 4.78 is 69.8. The molecule has 1 amide bonds. The molecule has 2 N–H and O–H groups in total. The summed E-state index contributed by atoms with van der Waals surface area (Å²) in [5, 5.41) is 14.2. The lowest BCUT2D eigenvalue weighted by Crippen LogP contribution is -2.50. The van der Waals surface area contributed by atoms with Gasteiger partial charge in [-0.3, -0.25) is 14.7 Å². The van der Waals surface area contributed by atoms with Crippen molar-refractivity contribution >= 4 is 17.8 Å². The van der Waals surface area contributed by atoms with Crippen molar-refractivity contribution in [2.75, 3.05) is 52.9 Å². The number of likely N-dealkylation sites (N-methyl/N-ethyl adjacent to an activating group) is 1.